The van der Waals surface area contributed by atoms with Gasteiger partial charge in [0.15, 0.2) is 5.01 Å². The van der Waals surface area contributed by atoms with Gasteiger partial charge in [0.1, 0.15) is 12.4 Å². The number of carbonyl (C=O) groups is 1. The highest BCUT2D eigenvalue weighted by molar-refractivity contribution is 7.89. The fourth-order valence-electron chi connectivity index (χ4n) is 3.36. The van der Waals surface area contributed by atoms with E-state index in [9.17, 15) is 22.4 Å². The number of esters is 1. The summed E-state index contributed by atoms with van der Waals surface area (Å²) >= 11 is 1.17. The molecule has 1 fully saturated rings. The Labute approximate surface area is 181 Å². The first-order chi connectivity index (χ1) is 14.7. The summed E-state index contributed by atoms with van der Waals surface area (Å²) in [4.78, 5) is 29.0. The van der Waals surface area contributed by atoms with Crippen LogP contribution in [0.15, 0.2) is 40.0 Å². The highest BCUT2D eigenvalue weighted by atomic mass is 32.2. The van der Waals surface area contributed by atoms with Gasteiger partial charge < -0.3 is 4.74 Å². The van der Waals surface area contributed by atoms with Crippen LogP contribution in [0, 0.1) is 18.7 Å². The molecule has 0 aliphatic carbocycles. The molecule has 2 aromatic heterocycles. The molecule has 0 bridgehead atoms. The van der Waals surface area contributed by atoms with Crippen molar-refractivity contribution in [1.29, 1.82) is 0 Å². The van der Waals surface area contributed by atoms with E-state index in [1.807, 2.05) is 0 Å². The van der Waals surface area contributed by atoms with Crippen molar-refractivity contribution in [2.45, 2.75) is 31.3 Å². The van der Waals surface area contributed by atoms with Crippen molar-refractivity contribution in [1.82, 2.24) is 18.9 Å². The first-order valence-electron chi connectivity index (χ1n) is 9.53. The largest absolute Gasteiger partial charge is 0.458 e. The van der Waals surface area contributed by atoms with E-state index in [0.717, 1.165) is 12.1 Å². The summed E-state index contributed by atoms with van der Waals surface area (Å²) in [5.41, 5.74) is 0.283. The molecular weight excluding hydrogens is 447 g/mol. The molecule has 164 valence electrons. The molecule has 3 heterocycles. The molecule has 0 unspecified atom stereocenters. The van der Waals surface area contributed by atoms with Gasteiger partial charge in [0.2, 0.25) is 15.0 Å². The Morgan fingerprint density at radius 2 is 1.94 bits per heavy atom. The van der Waals surface area contributed by atoms with Gasteiger partial charge in [-0.2, -0.15) is 13.9 Å². The smallest absolute Gasteiger partial charge is 0.309 e. The first kappa shape index (κ1) is 21.5. The van der Waals surface area contributed by atoms with Gasteiger partial charge in [-0.15, -0.1) is 0 Å². The number of ether oxygens (including phenoxy) is 1. The molecule has 0 saturated carbocycles. The summed E-state index contributed by atoms with van der Waals surface area (Å²) in [6.45, 7) is 1.96. The normalized spacial score (nSPS) is 15.9. The average Bonchev–Trinajstić information content (AvgIpc) is 3.15. The summed E-state index contributed by atoms with van der Waals surface area (Å²) in [6.07, 6.45) is 0.638. The SMILES string of the molecule is Cc1cc(=O)n2nc(COC(=O)C3CCN(S(=O)(=O)c4ccc(F)cc4)CC3)sc2n1. The van der Waals surface area contributed by atoms with Crippen LogP contribution in [0.4, 0.5) is 4.39 Å². The predicted octanol–water partition coefficient (Wildman–Crippen LogP) is 1.74. The number of sulfonamides is 1. The van der Waals surface area contributed by atoms with Crippen LogP contribution >= 0.6 is 11.3 Å². The number of carbonyl (C=O) groups excluding carboxylic acids is 1. The second kappa shape index (κ2) is 8.44. The molecule has 0 atom stereocenters. The standard InChI is InChI=1S/C19H19FN4O5S2/c1-12-10-17(25)24-19(21-12)30-16(22-24)11-29-18(26)13-6-8-23(9-7-13)31(27,28)15-4-2-14(20)3-5-15/h2-5,10,13H,6-9,11H2,1H3. The topological polar surface area (TPSA) is 111 Å². The molecule has 0 spiro atoms. The van der Waals surface area contributed by atoms with Crippen LogP contribution in [0.5, 0.6) is 0 Å². The highest BCUT2D eigenvalue weighted by Gasteiger charge is 2.33. The average molecular weight is 467 g/mol. The Balaban J connectivity index is 1.35. The van der Waals surface area contributed by atoms with Crippen LogP contribution in [0.2, 0.25) is 0 Å². The number of hydrogen-bond donors (Lipinski definition) is 0. The van der Waals surface area contributed by atoms with Crippen molar-refractivity contribution in [3.8, 4) is 0 Å². The van der Waals surface area contributed by atoms with Gasteiger partial charge >= 0.3 is 5.97 Å². The number of piperidine rings is 1. The van der Waals surface area contributed by atoms with Crippen molar-refractivity contribution < 1.29 is 22.3 Å². The van der Waals surface area contributed by atoms with Gasteiger partial charge in [0.25, 0.3) is 5.56 Å². The van der Waals surface area contributed by atoms with Crippen LogP contribution in [-0.4, -0.2) is 46.4 Å². The van der Waals surface area contributed by atoms with Gasteiger partial charge in [0, 0.05) is 24.8 Å². The van der Waals surface area contributed by atoms with E-state index in [1.54, 1.807) is 6.92 Å². The van der Waals surface area contributed by atoms with Crippen LogP contribution in [0.25, 0.3) is 4.96 Å². The summed E-state index contributed by atoms with van der Waals surface area (Å²) in [5.74, 6) is -1.38. The molecular formula is C19H19FN4O5S2. The van der Waals surface area contributed by atoms with Crippen molar-refractivity contribution in [3.63, 3.8) is 0 Å². The maximum atomic E-state index is 13.1. The van der Waals surface area contributed by atoms with E-state index < -0.39 is 27.7 Å². The van der Waals surface area contributed by atoms with Gasteiger partial charge in [0.05, 0.1) is 10.8 Å². The lowest BCUT2D eigenvalue weighted by Crippen LogP contribution is -2.40. The molecule has 1 saturated heterocycles. The lowest BCUT2D eigenvalue weighted by Gasteiger charge is -2.30. The van der Waals surface area contributed by atoms with Crippen molar-refractivity contribution >= 4 is 32.3 Å². The Hall–Kier alpha value is -2.70. The van der Waals surface area contributed by atoms with E-state index >= 15 is 0 Å². The molecule has 0 N–H and O–H groups in total. The minimum atomic E-state index is -3.74. The Kier molecular flexibility index (Phi) is 5.86. The van der Waals surface area contributed by atoms with Crippen molar-refractivity contribution in [2.24, 2.45) is 5.92 Å². The van der Waals surface area contributed by atoms with E-state index in [2.05, 4.69) is 10.1 Å². The number of nitrogens with zero attached hydrogens (tertiary/aromatic N) is 4. The second-order valence-corrected chi connectivity index (χ2v) is 10.1. The lowest BCUT2D eigenvalue weighted by atomic mass is 9.98. The van der Waals surface area contributed by atoms with E-state index in [0.29, 0.717) is 28.5 Å². The lowest BCUT2D eigenvalue weighted by molar-refractivity contribution is -0.151. The quantitative estimate of drug-likeness (QED) is 0.527. The molecule has 0 radical (unpaired) electrons. The van der Waals surface area contributed by atoms with Gasteiger partial charge in [-0.3, -0.25) is 9.59 Å². The van der Waals surface area contributed by atoms with Gasteiger partial charge in [-0.25, -0.2) is 17.8 Å². The Morgan fingerprint density at radius 3 is 2.61 bits per heavy atom. The summed E-state index contributed by atoms with van der Waals surface area (Å²) in [7, 11) is -3.74. The number of hydrogen-bond acceptors (Lipinski definition) is 8. The minimum absolute atomic E-state index is 0.0184. The summed E-state index contributed by atoms with van der Waals surface area (Å²) in [6, 6.07) is 6.03. The fraction of sp³-hybridized carbons (Fsp3) is 0.368. The number of halogens is 1. The maximum absolute atomic E-state index is 13.1. The van der Waals surface area contributed by atoms with Crippen molar-refractivity contribution in [3.05, 3.63) is 57.2 Å². The minimum Gasteiger partial charge on any atom is -0.458 e. The zero-order valence-electron chi connectivity index (χ0n) is 16.5. The van der Waals surface area contributed by atoms with E-state index in [4.69, 9.17) is 4.74 Å². The fourth-order valence-corrected chi connectivity index (χ4v) is 5.68. The van der Waals surface area contributed by atoms with Gasteiger partial charge in [-0.05, 0) is 44.0 Å². The zero-order chi connectivity index (χ0) is 22.2. The number of aryl methyl sites for hydroxylation is 1. The summed E-state index contributed by atoms with van der Waals surface area (Å²) in [5, 5.41) is 4.57. The molecule has 31 heavy (non-hydrogen) atoms. The monoisotopic (exact) mass is 466 g/mol. The third-order valence-electron chi connectivity index (χ3n) is 4.99. The molecule has 3 aromatic rings. The number of fused-ring (bicyclic) bond motifs is 1. The van der Waals surface area contributed by atoms with E-state index in [1.165, 1.54) is 38.4 Å². The first-order valence-corrected chi connectivity index (χ1v) is 11.8. The highest BCUT2D eigenvalue weighted by Crippen LogP contribution is 2.25. The molecule has 1 aliphatic heterocycles. The van der Waals surface area contributed by atoms with Crippen LogP contribution in [-0.2, 0) is 26.2 Å². The maximum Gasteiger partial charge on any atom is 0.309 e. The van der Waals surface area contributed by atoms with Gasteiger partial charge in [-0.1, -0.05) is 11.3 Å². The molecule has 9 nitrogen and oxygen atoms in total. The number of benzene rings is 1. The van der Waals surface area contributed by atoms with E-state index in [-0.39, 0.29) is 30.2 Å². The number of rotatable bonds is 5. The Bertz CT molecular complexity index is 1280. The molecule has 0 amide bonds. The molecule has 12 heteroatoms. The van der Waals surface area contributed by atoms with Crippen LogP contribution in [0.1, 0.15) is 23.5 Å². The van der Waals surface area contributed by atoms with Crippen LogP contribution in [0.3, 0.4) is 0 Å². The third kappa shape index (κ3) is 4.50. The van der Waals surface area contributed by atoms with Crippen molar-refractivity contribution in [2.75, 3.05) is 13.1 Å². The van der Waals surface area contributed by atoms with Crippen LogP contribution < -0.4 is 5.56 Å². The molecule has 1 aromatic carbocycles. The third-order valence-corrected chi connectivity index (χ3v) is 7.79. The number of aromatic nitrogens is 3. The summed E-state index contributed by atoms with van der Waals surface area (Å²) < 4.78 is 46.2. The molecule has 4 rings (SSSR count). The Morgan fingerprint density at radius 1 is 1.26 bits per heavy atom. The zero-order valence-corrected chi connectivity index (χ0v) is 18.2. The second-order valence-electron chi connectivity index (χ2n) is 7.17. The predicted molar refractivity (Wildman–Crippen MR) is 110 cm³/mol. The molecule has 1 aliphatic rings.